The minimum atomic E-state index is -0.439. The molecule has 9 heteroatoms. The highest BCUT2D eigenvalue weighted by molar-refractivity contribution is 5.81. The van der Waals surface area contributed by atoms with Crippen molar-refractivity contribution in [2.45, 2.75) is 45.1 Å². The molecule has 1 aliphatic rings. The number of nitrogens with one attached hydrogen (secondary N) is 2. The number of hydroxylamine groups is 1. The fourth-order valence-corrected chi connectivity index (χ4v) is 3.71. The SMILES string of the molecule is CCCC[C@H](CNO)C(=O)N1CCC[C@H]1c1nc2ccc([N+](=O)[O-])cc2[nH]1. The Kier molecular flexibility index (Phi) is 6.02. The van der Waals surface area contributed by atoms with E-state index >= 15 is 0 Å². The number of likely N-dealkylation sites (tertiary alicyclic amines) is 1. The maximum absolute atomic E-state index is 13.0. The molecule has 0 unspecified atom stereocenters. The second kappa shape index (κ2) is 8.45. The van der Waals surface area contributed by atoms with Gasteiger partial charge in [0.15, 0.2) is 0 Å². The Morgan fingerprint density at radius 3 is 3.07 bits per heavy atom. The molecule has 3 N–H and O–H groups in total. The van der Waals surface area contributed by atoms with E-state index in [2.05, 4.69) is 22.4 Å². The molecular weight excluding hydrogens is 350 g/mol. The van der Waals surface area contributed by atoms with Crippen LogP contribution in [0.2, 0.25) is 0 Å². The van der Waals surface area contributed by atoms with Crippen LogP contribution < -0.4 is 5.48 Å². The first-order valence-corrected chi connectivity index (χ1v) is 9.36. The number of aromatic nitrogens is 2. The summed E-state index contributed by atoms with van der Waals surface area (Å²) in [4.78, 5) is 33.1. The maximum Gasteiger partial charge on any atom is 0.271 e. The zero-order chi connectivity index (χ0) is 19.4. The van der Waals surface area contributed by atoms with Crippen molar-refractivity contribution < 1.29 is 14.9 Å². The monoisotopic (exact) mass is 375 g/mol. The van der Waals surface area contributed by atoms with Crippen LogP contribution in [0.25, 0.3) is 11.0 Å². The molecule has 0 spiro atoms. The number of H-pyrrole nitrogens is 1. The number of non-ortho nitro benzene ring substituents is 1. The smallest absolute Gasteiger partial charge is 0.271 e. The van der Waals surface area contributed by atoms with Crippen LogP contribution in [0, 0.1) is 16.0 Å². The van der Waals surface area contributed by atoms with Crippen LogP contribution in [-0.2, 0) is 4.79 Å². The number of nitro benzene ring substituents is 1. The highest BCUT2D eigenvalue weighted by Crippen LogP contribution is 2.33. The van der Waals surface area contributed by atoms with E-state index in [0.717, 1.165) is 32.1 Å². The zero-order valence-electron chi connectivity index (χ0n) is 15.4. The number of carbonyl (C=O) groups excluding carboxylic acids is 1. The first-order chi connectivity index (χ1) is 13.0. The Morgan fingerprint density at radius 1 is 1.56 bits per heavy atom. The molecule has 0 aliphatic carbocycles. The molecule has 1 amide bonds. The van der Waals surface area contributed by atoms with Gasteiger partial charge >= 0.3 is 0 Å². The number of hydrogen-bond donors (Lipinski definition) is 3. The van der Waals surface area contributed by atoms with Crippen LogP contribution in [0.1, 0.15) is 50.9 Å². The van der Waals surface area contributed by atoms with Gasteiger partial charge < -0.3 is 15.1 Å². The predicted octanol–water partition coefficient (Wildman–Crippen LogP) is 2.92. The minimum absolute atomic E-state index is 0.00528. The molecule has 2 atom stereocenters. The number of aromatic amines is 1. The third-order valence-electron chi connectivity index (χ3n) is 5.14. The molecular formula is C18H25N5O4. The maximum atomic E-state index is 13.0. The molecule has 1 aliphatic heterocycles. The minimum Gasteiger partial charge on any atom is -0.340 e. The molecule has 27 heavy (non-hydrogen) atoms. The van der Waals surface area contributed by atoms with E-state index in [1.54, 1.807) is 6.07 Å². The highest BCUT2D eigenvalue weighted by atomic mass is 16.6. The van der Waals surface area contributed by atoms with Crippen LogP contribution in [0.4, 0.5) is 5.69 Å². The van der Waals surface area contributed by atoms with E-state index in [4.69, 9.17) is 5.21 Å². The van der Waals surface area contributed by atoms with Crippen LogP contribution in [0.3, 0.4) is 0 Å². The summed E-state index contributed by atoms with van der Waals surface area (Å²) in [5, 5.41) is 20.0. The van der Waals surface area contributed by atoms with Crippen molar-refractivity contribution in [3.63, 3.8) is 0 Å². The third kappa shape index (κ3) is 4.09. The Morgan fingerprint density at radius 2 is 2.37 bits per heavy atom. The molecule has 1 aromatic heterocycles. The van der Waals surface area contributed by atoms with Crippen molar-refractivity contribution in [2.24, 2.45) is 5.92 Å². The Hall–Kier alpha value is -2.52. The van der Waals surface area contributed by atoms with Crippen molar-refractivity contribution in [1.82, 2.24) is 20.3 Å². The van der Waals surface area contributed by atoms with Crippen molar-refractivity contribution in [2.75, 3.05) is 13.1 Å². The fourth-order valence-electron chi connectivity index (χ4n) is 3.71. The number of fused-ring (bicyclic) bond motifs is 1. The standard InChI is InChI=1S/C18H25N5O4/c1-2-3-5-12(11-19-25)18(24)22-9-4-6-16(22)17-20-14-8-7-13(23(26)27)10-15(14)21-17/h7-8,10,12,16,19,25H,2-6,9,11H2,1H3,(H,20,21)/t12-,16+/m1/s1. The van der Waals surface area contributed by atoms with Crippen molar-refractivity contribution >= 4 is 22.6 Å². The second-order valence-corrected chi connectivity index (χ2v) is 6.97. The van der Waals surface area contributed by atoms with E-state index in [0.29, 0.717) is 23.4 Å². The summed E-state index contributed by atoms with van der Waals surface area (Å²) in [7, 11) is 0. The third-order valence-corrected chi connectivity index (χ3v) is 5.14. The zero-order valence-corrected chi connectivity index (χ0v) is 15.4. The average Bonchev–Trinajstić information content (AvgIpc) is 3.30. The van der Waals surface area contributed by atoms with Crippen molar-refractivity contribution in [1.29, 1.82) is 0 Å². The fraction of sp³-hybridized carbons (Fsp3) is 0.556. The van der Waals surface area contributed by atoms with Crippen LogP contribution in [0.15, 0.2) is 18.2 Å². The first kappa shape index (κ1) is 19.2. The number of amides is 1. The van der Waals surface area contributed by atoms with Crippen LogP contribution in [0.5, 0.6) is 0 Å². The summed E-state index contributed by atoms with van der Waals surface area (Å²) in [5.74, 6) is 0.391. The van der Waals surface area contributed by atoms with Gasteiger partial charge in [0, 0.05) is 25.2 Å². The molecule has 0 bridgehead atoms. The molecule has 146 valence electrons. The summed E-state index contributed by atoms with van der Waals surface area (Å²) in [6.07, 6.45) is 4.30. The van der Waals surface area contributed by atoms with Gasteiger partial charge in [0.05, 0.1) is 27.9 Å². The van der Waals surface area contributed by atoms with Gasteiger partial charge in [0.2, 0.25) is 5.91 Å². The summed E-state index contributed by atoms with van der Waals surface area (Å²) in [6, 6.07) is 4.34. The van der Waals surface area contributed by atoms with E-state index < -0.39 is 4.92 Å². The lowest BCUT2D eigenvalue weighted by Crippen LogP contribution is -2.39. The van der Waals surface area contributed by atoms with Gasteiger partial charge in [-0.05, 0) is 25.3 Å². The average molecular weight is 375 g/mol. The Labute approximate surface area is 156 Å². The van der Waals surface area contributed by atoms with E-state index in [1.165, 1.54) is 12.1 Å². The van der Waals surface area contributed by atoms with Gasteiger partial charge in [-0.25, -0.2) is 10.5 Å². The van der Waals surface area contributed by atoms with E-state index in [1.807, 2.05) is 4.90 Å². The number of carbonyl (C=O) groups is 1. The Balaban J connectivity index is 1.83. The van der Waals surface area contributed by atoms with Gasteiger partial charge in [0.1, 0.15) is 5.82 Å². The normalized spacial score (nSPS) is 18.1. The number of imidazole rings is 1. The van der Waals surface area contributed by atoms with Crippen LogP contribution in [-0.4, -0.2) is 44.0 Å². The molecule has 2 heterocycles. The lowest BCUT2D eigenvalue weighted by Gasteiger charge is -2.27. The summed E-state index contributed by atoms with van der Waals surface area (Å²) in [5.41, 5.74) is 3.39. The molecule has 1 fully saturated rings. The molecule has 0 radical (unpaired) electrons. The van der Waals surface area contributed by atoms with Gasteiger partial charge in [-0.2, -0.15) is 0 Å². The van der Waals surface area contributed by atoms with Gasteiger partial charge in [-0.1, -0.05) is 19.8 Å². The number of nitro groups is 1. The topological polar surface area (TPSA) is 124 Å². The molecule has 9 nitrogen and oxygen atoms in total. The molecule has 1 saturated heterocycles. The molecule has 3 rings (SSSR count). The van der Waals surface area contributed by atoms with Crippen molar-refractivity contribution in [3.05, 3.63) is 34.1 Å². The van der Waals surface area contributed by atoms with Gasteiger partial charge in [-0.15, -0.1) is 0 Å². The number of nitrogens with zero attached hydrogens (tertiary/aromatic N) is 3. The van der Waals surface area contributed by atoms with E-state index in [9.17, 15) is 14.9 Å². The molecule has 2 aromatic rings. The molecule has 1 aromatic carbocycles. The summed E-state index contributed by atoms with van der Waals surface area (Å²) < 4.78 is 0. The van der Waals surface area contributed by atoms with Crippen molar-refractivity contribution in [3.8, 4) is 0 Å². The number of hydrogen-bond acceptors (Lipinski definition) is 6. The lowest BCUT2D eigenvalue weighted by molar-refractivity contribution is -0.384. The second-order valence-electron chi connectivity index (χ2n) is 6.97. The Bertz CT molecular complexity index is 821. The van der Waals surface area contributed by atoms with E-state index in [-0.39, 0.29) is 30.1 Å². The summed E-state index contributed by atoms with van der Waals surface area (Å²) >= 11 is 0. The quantitative estimate of drug-likeness (QED) is 0.481. The van der Waals surface area contributed by atoms with Crippen LogP contribution >= 0.6 is 0 Å². The number of rotatable bonds is 8. The number of benzene rings is 1. The lowest BCUT2D eigenvalue weighted by atomic mass is 10.00. The predicted molar refractivity (Wildman–Crippen MR) is 99.2 cm³/mol. The highest BCUT2D eigenvalue weighted by Gasteiger charge is 2.35. The largest absolute Gasteiger partial charge is 0.340 e. The number of unbranched alkanes of at least 4 members (excludes halogenated alkanes) is 1. The van der Waals surface area contributed by atoms with Gasteiger partial charge in [0.25, 0.3) is 5.69 Å². The first-order valence-electron chi connectivity index (χ1n) is 9.36. The molecule has 0 saturated carbocycles. The summed E-state index contributed by atoms with van der Waals surface area (Å²) in [6.45, 7) is 2.95. The van der Waals surface area contributed by atoms with Gasteiger partial charge in [-0.3, -0.25) is 14.9 Å².